The number of esters is 1. The number of amides is 1. The Morgan fingerprint density at radius 3 is 2.60 bits per heavy atom. The van der Waals surface area contributed by atoms with E-state index in [9.17, 15) is 27.9 Å². The van der Waals surface area contributed by atoms with Crippen molar-refractivity contribution in [2.75, 3.05) is 19.6 Å². The molecule has 1 amide bonds. The van der Waals surface area contributed by atoms with Gasteiger partial charge in [0.1, 0.15) is 5.76 Å². The maximum Gasteiger partial charge on any atom is 0.425 e. The summed E-state index contributed by atoms with van der Waals surface area (Å²) in [5, 5.41) is 13.5. The predicted octanol–water partition coefficient (Wildman–Crippen LogP) is 6.35. The molecule has 2 aliphatic heterocycles. The SMILES string of the molecule is C=CC[N+]1(CC(C)C)CC[C@]23C4C5=CC=C(OC(C)=O)C4(NC(=O)C(=C(O)c4ccccc4)C(F)(F)F)O[C@H]2CCC[C@H]3[C@H]1C5. The number of hydrogen-bond acceptors (Lipinski definition) is 5. The molecule has 10 heteroatoms. The zero-order valence-corrected chi connectivity index (χ0v) is 26.0. The van der Waals surface area contributed by atoms with E-state index in [1.54, 1.807) is 12.1 Å². The topological polar surface area (TPSA) is 84.9 Å². The van der Waals surface area contributed by atoms with E-state index in [1.165, 1.54) is 31.2 Å². The molecular formula is C35H42F3N2O5+. The lowest BCUT2D eigenvalue weighted by atomic mass is 9.46. The van der Waals surface area contributed by atoms with E-state index in [0.29, 0.717) is 18.8 Å². The summed E-state index contributed by atoms with van der Waals surface area (Å²) in [7, 11) is 0. The van der Waals surface area contributed by atoms with Crippen LogP contribution in [-0.4, -0.2) is 65.1 Å². The number of allylic oxidation sites excluding steroid dienone is 2. The molecule has 7 nitrogen and oxygen atoms in total. The molecule has 45 heavy (non-hydrogen) atoms. The standard InChI is InChI=1S/C35H41F3N2O5/c1-5-17-40(20-21(2)3)18-16-33-25-12-9-13-27(33)45-34(28(44-22(4)41)15-14-24(31(33)34)19-26(25)40)39-32(43)29(35(36,37)38)30(42)23-10-7-6-8-11-23/h5-8,10-11,14-15,21,25-27,31H,1,9,12-13,16-20H2,2-4H3,(H-,39,42,43)/p+1/t25-,26+,27-,31?,33+,34?,40?/m0/s1. The summed E-state index contributed by atoms with van der Waals surface area (Å²) in [6, 6.07) is 7.42. The van der Waals surface area contributed by atoms with Crippen LogP contribution < -0.4 is 5.32 Å². The highest BCUT2D eigenvalue weighted by Crippen LogP contribution is 2.71. The Balaban J connectivity index is 1.50. The van der Waals surface area contributed by atoms with Crippen LogP contribution in [0.2, 0.25) is 0 Å². The Kier molecular flexibility index (Phi) is 7.84. The maximum absolute atomic E-state index is 14.6. The minimum absolute atomic E-state index is 0.0293. The van der Waals surface area contributed by atoms with Gasteiger partial charge in [0.25, 0.3) is 5.91 Å². The first-order chi connectivity index (χ1) is 21.3. The molecule has 3 aliphatic carbocycles. The maximum atomic E-state index is 14.6. The Labute approximate surface area is 262 Å². The summed E-state index contributed by atoms with van der Waals surface area (Å²) >= 11 is 0. The quantitative estimate of drug-likeness (QED) is 0.115. The van der Waals surface area contributed by atoms with E-state index in [0.717, 1.165) is 49.0 Å². The minimum atomic E-state index is -5.19. The zero-order chi connectivity index (χ0) is 32.4. The first-order valence-corrected chi connectivity index (χ1v) is 15.9. The number of quaternary nitrogens is 1. The number of ether oxygens (including phenoxy) is 2. The van der Waals surface area contributed by atoms with E-state index in [1.807, 2.05) is 12.2 Å². The molecule has 1 spiro atoms. The Morgan fingerprint density at radius 1 is 1.22 bits per heavy atom. The second kappa shape index (κ2) is 11.2. The molecule has 7 atom stereocenters. The average molecular weight is 628 g/mol. The summed E-state index contributed by atoms with van der Waals surface area (Å²) < 4.78 is 57.1. The first kappa shape index (κ1) is 31.6. The monoisotopic (exact) mass is 627 g/mol. The van der Waals surface area contributed by atoms with Crippen molar-refractivity contribution >= 4 is 17.6 Å². The van der Waals surface area contributed by atoms with Crippen LogP contribution in [0.3, 0.4) is 0 Å². The van der Waals surface area contributed by atoms with E-state index in [4.69, 9.17) is 9.47 Å². The van der Waals surface area contributed by atoms with Gasteiger partial charge in [-0.3, -0.25) is 9.59 Å². The number of hydrogen-bond donors (Lipinski definition) is 2. The molecule has 0 aromatic heterocycles. The minimum Gasteiger partial charge on any atom is -0.506 e. The molecular weight excluding hydrogens is 585 g/mol. The van der Waals surface area contributed by atoms with E-state index < -0.39 is 46.4 Å². The van der Waals surface area contributed by atoms with Crippen LogP contribution in [0.5, 0.6) is 0 Å². The third-order valence-corrected chi connectivity index (χ3v) is 10.9. The molecule has 242 valence electrons. The number of likely N-dealkylation sites (tertiary alicyclic amines) is 1. The summed E-state index contributed by atoms with van der Waals surface area (Å²) in [5.41, 5.74) is -3.21. The van der Waals surface area contributed by atoms with Crippen molar-refractivity contribution in [2.24, 2.45) is 23.2 Å². The number of rotatable bonds is 8. The number of halogens is 3. The van der Waals surface area contributed by atoms with Gasteiger partial charge in [-0.1, -0.05) is 68.8 Å². The van der Waals surface area contributed by atoms with E-state index in [-0.39, 0.29) is 29.4 Å². The van der Waals surface area contributed by atoms with Crippen molar-refractivity contribution in [1.29, 1.82) is 0 Å². The van der Waals surface area contributed by atoms with Crippen LogP contribution in [-0.2, 0) is 19.1 Å². The highest BCUT2D eigenvalue weighted by atomic mass is 19.4. The fourth-order valence-electron chi connectivity index (χ4n) is 9.80. The molecule has 2 N–H and O–H groups in total. The van der Waals surface area contributed by atoms with Gasteiger partial charge in [0.05, 0.1) is 31.8 Å². The van der Waals surface area contributed by atoms with Gasteiger partial charge in [0.2, 0.25) is 5.72 Å². The Hall–Kier alpha value is -3.37. The van der Waals surface area contributed by atoms with E-state index >= 15 is 0 Å². The number of piperidine rings is 1. The summed E-state index contributed by atoms with van der Waals surface area (Å²) in [5.74, 6) is -3.31. The van der Waals surface area contributed by atoms with Crippen molar-refractivity contribution in [3.05, 3.63) is 77.6 Å². The van der Waals surface area contributed by atoms with Gasteiger partial charge in [-0.25, -0.2) is 0 Å². The normalized spacial score (nSPS) is 35.4. The number of alkyl halides is 3. The molecule has 6 rings (SSSR count). The smallest absolute Gasteiger partial charge is 0.425 e. The van der Waals surface area contributed by atoms with Gasteiger partial charge >= 0.3 is 12.1 Å². The number of aliphatic hydroxyl groups is 1. The van der Waals surface area contributed by atoms with Crippen molar-refractivity contribution in [3.8, 4) is 0 Å². The zero-order valence-electron chi connectivity index (χ0n) is 26.0. The fraction of sp³-hybridized carbons (Fsp3) is 0.543. The summed E-state index contributed by atoms with van der Waals surface area (Å²) in [6.07, 6.45) is 3.89. The Bertz CT molecular complexity index is 1480. The van der Waals surface area contributed by atoms with Crippen LogP contribution in [0.15, 0.2) is 72.0 Å². The Morgan fingerprint density at radius 2 is 1.96 bits per heavy atom. The molecule has 3 unspecified atom stereocenters. The van der Waals surface area contributed by atoms with Gasteiger partial charge in [-0.05, 0) is 25.0 Å². The summed E-state index contributed by atoms with van der Waals surface area (Å²) in [6.45, 7) is 12.4. The van der Waals surface area contributed by atoms with E-state index in [2.05, 4.69) is 25.7 Å². The lowest BCUT2D eigenvalue weighted by molar-refractivity contribution is -0.961. The molecule has 2 heterocycles. The molecule has 4 fully saturated rings. The van der Waals surface area contributed by atoms with Crippen molar-refractivity contribution in [3.63, 3.8) is 0 Å². The molecule has 0 radical (unpaired) electrons. The van der Waals surface area contributed by atoms with Gasteiger partial charge in [-0.15, -0.1) is 0 Å². The lowest BCUT2D eigenvalue weighted by Gasteiger charge is -2.65. The van der Waals surface area contributed by atoms with Crippen LogP contribution >= 0.6 is 0 Å². The second-order valence-corrected chi connectivity index (χ2v) is 13.8. The van der Waals surface area contributed by atoms with Crippen LogP contribution in [0.4, 0.5) is 13.2 Å². The highest BCUT2D eigenvalue weighted by molar-refractivity contribution is 6.01. The average Bonchev–Trinajstić information content (AvgIpc) is 3.25. The van der Waals surface area contributed by atoms with Gasteiger partial charge in [0.15, 0.2) is 11.3 Å². The third kappa shape index (κ3) is 4.87. The number of carbonyl (C=O) groups excluding carboxylic acids is 2. The van der Waals surface area contributed by atoms with Gasteiger partial charge < -0.3 is 24.4 Å². The fourth-order valence-corrected chi connectivity index (χ4v) is 9.80. The van der Waals surface area contributed by atoms with Crippen molar-refractivity contribution in [1.82, 2.24) is 5.32 Å². The second-order valence-electron chi connectivity index (χ2n) is 13.8. The predicted molar refractivity (Wildman–Crippen MR) is 162 cm³/mol. The number of nitrogens with zero attached hydrogens (tertiary/aromatic N) is 1. The number of benzene rings is 1. The number of aliphatic hydroxyl groups excluding tert-OH is 1. The number of carbonyl (C=O) groups is 2. The van der Waals surface area contributed by atoms with Gasteiger partial charge in [-0.2, -0.15) is 13.2 Å². The highest BCUT2D eigenvalue weighted by Gasteiger charge is 2.77. The largest absolute Gasteiger partial charge is 0.506 e. The van der Waals surface area contributed by atoms with Crippen molar-refractivity contribution < 1.29 is 41.8 Å². The lowest BCUT2D eigenvalue weighted by Crippen LogP contribution is -2.73. The molecule has 2 bridgehead atoms. The van der Waals surface area contributed by atoms with Crippen molar-refractivity contribution in [2.45, 2.75) is 76.9 Å². The number of nitrogens with one attached hydrogen (secondary N) is 1. The van der Waals surface area contributed by atoms with Crippen LogP contribution in [0, 0.1) is 23.2 Å². The van der Waals surface area contributed by atoms with Gasteiger partial charge in [0, 0.05) is 48.5 Å². The molecule has 2 saturated heterocycles. The molecule has 1 aromatic carbocycles. The molecule has 5 aliphatic rings. The van der Waals surface area contributed by atoms with Crippen LogP contribution in [0.25, 0.3) is 5.76 Å². The molecule has 1 aromatic rings. The van der Waals surface area contributed by atoms with Crippen LogP contribution in [0.1, 0.15) is 58.4 Å². The third-order valence-electron chi connectivity index (χ3n) is 10.9. The summed E-state index contributed by atoms with van der Waals surface area (Å²) in [4.78, 5) is 26.3. The first-order valence-electron chi connectivity index (χ1n) is 15.9. The molecule has 2 saturated carbocycles.